The monoisotopic (exact) mass is 404 g/mol. The zero-order chi connectivity index (χ0) is 21.1. The van der Waals surface area contributed by atoms with Crippen LogP contribution < -0.4 is 5.32 Å². The number of nitrogens with one attached hydrogen (secondary N) is 1. The third-order valence-corrected chi connectivity index (χ3v) is 5.89. The second-order valence-corrected chi connectivity index (χ2v) is 7.95. The van der Waals surface area contributed by atoms with Gasteiger partial charge in [-0.3, -0.25) is 9.59 Å². The van der Waals surface area contributed by atoms with Gasteiger partial charge in [0.1, 0.15) is 0 Å². The number of nitrogens with zero attached hydrogens (tertiary/aromatic N) is 3. The first-order chi connectivity index (χ1) is 14.6. The number of piperidine rings is 1. The Labute approximate surface area is 176 Å². The lowest BCUT2D eigenvalue weighted by atomic mass is 10.0. The molecule has 4 rings (SSSR count). The normalized spacial score (nSPS) is 14.8. The highest BCUT2D eigenvalue weighted by atomic mass is 16.2. The number of rotatable bonds is 5. The highest BCUT2D eigenvalue weighted by Gasteiger charge is 2.26. The molecule has 0 spiro atoms. The number of benzene rings is 2. The first kappa shape index (κ1) is 20.1. The topological polar surface area (TPSA) is 67.2 Å². The van der Waals surface area contributed by atoms with Gasteiger partial charge in [-0.2, -0.15) is 0 Å². The van der Waals surface area contributed by atoms with Gasteiger partial charge in [-0.15, -0.1) is 0 Å². The number of carbonyl (C=O) groups is 2. The Morgan fingerprint density at radius 3 is 2.63 bits per heavy atom. The molecule has 1 N–H and O–H groups in total. The van der Waals surface area contributed by atoms with Crippen molar-refractivity contribution in [2.75, 3.05) is 19.6 Å². The zero-order valence-electron chi connectivity index (χ0n) is 17.6. The Morgan fingerprint density at radius 2 is 1.90 bits per heavy atom. The number of likely N-dealkylation sites (tertiary alicyclic amines) is 1. The molecule has 2 heterocycles. The van der Waals surface area contributed by atoms with E-state index >= 15 is 0 Å². The third kappa shape index (κ3) is 3.95. The van der Waals surface area contributed by atoms with Crippen LogP contribution in [0.3, 0.4) is 0 Å². The molecule has 0 saturated carbocycles. The Bertz CT molecular complexity index is 1060. The van der Waals surface area contributed by atoms with E-state index < -0.39 is 0 Å². The van der Waals surface area contributed by atoms with E-state index in [0.717, 1.165) is 54.5 Å². The number of fused-ring (bicyclic) bond motifs is 1. The van der Waals surface area contributed by atoms with Crippen LogP contribution in [0.4, 0.5) is 0 Å². The molecule has 0 bridgehead atoms. The Hall–Kier alpha value is -3.15. The smallest absolute Gasteiger partial charge is 0.254 e. The maximum absolute atomic E-state index is 12.9. The Balaban J connectivity index is 1.45. The molecule has 1 fully saturated rings. The van der Waals surface area contributed by atoms with Crippen molar-refractivity contribution in [1.82, 2.24) is 19.8 Å². The standard InChI is InChI=1S/C24H28N4O2/c1-3-12-25-23(29)18-8-9-22-21(15-18)26-16-28(22)19-10-13-27(14-11-19)24(30)20-7-5-4-6-17(20)2/h4-9,15-16,19H,3,10-14H2,1-2H3,(H,25,29). The average Bonchev–Trinajstić information content (AvgIpc) is 3.20. The molecule has 0 atom stereocenters. The van der Waals surface area contributed by atoms with E-state index in [1.54, 1.807) is 0 Å². The summed E-state index contributed by atoms with van der Waals surface area (Å²) in [5.41, 5.74) is 4.31. The van der Waals surface area contributed by atoms with Crippen LogP contribution in [0.2, 0.25) is 0 Å². The van der Waals surface area contributed by atoms with Gasteiger partial charge in [0.15, 0.2) is 0 Å². The second kappa shape index (κ2) is 8.69. The van der Waals surface area contributed by atoms with Gasteiger partial charge in [-0.1, -0.05) is 25.1 Å². The molecule has 0 radical (unpaired) electrons. The molecular weight excluding hydrogens is 376 g/mol. The molecule has 3 aromatic rings. The van der Waals surface area contributed by atoms with E-state index in [4.69, 9.17) is 0 Å². The van der Waals surface area contributed by atoms with Crippen LogP contribution in [-0.4, -0.2) is 45.9 Å². The van der Waals surface area contributed by atoms with Gasteiger partial charge in [-0.25, -0.2) is 4.98 Å². The predicted octanol–water partition coefficient (Wildman–Crippen LogP) is 3.96. The molecule has 1 aliphatic heterocycles. The van der Waals surface area contributed by atoms with E-state index in [0.29, 0.717) is 18.2 Å². The van der Waals surface area contributed by atoms with Gasteiger partial charge in [0.2, 0.25) is 0 Å². The van der Waals surface area contributed by atoms with E-state index in [-0.39, 0.29) is 11.8 Å². The number of carbonyl (C=O) groups excluding carboxylic acids is 2. The number of hydrogen-bond donors (Lipinski definition) is 1. The lowest BCUT2D eigenvalue weighted by Crippen LogP contribution is -2.39. The summed E-state index contributed by atoms with van der Waals surface area (Å²) in [6.45, 7) is 6.15. The van der Waals surface area contributed by atoms with Gasteiger partial charge >= 0.3 is 0 Å². The van der Waals surface area contributed by atoms with Gasteiger partial charge in [0, 0.05) is 36.8 Å². The van der Waals surface area contributed by atoms with Crippen molar-refractivity contribution in [3.8, 4) is 0 Å². The van der Waals surface area contributed by atoms with Crippen LogP contribution in [0.5, 0.6) is 0 Å². The van der Waals surface area contributed by atoms with Gasteiger partial charge in [0.05, 0.1) is 17.4 Å². The summed E-state index contributed by atoms with van der Waals surface area (Å²) in [4.78, 5) is 31.6. The fraction of sp³-hybridized carbons (Fsp3) is 0.375. The first-order valence-electron chi connectivity index (χ1n) is 10.7. The van der Waals surface area contributed by atoms with Crippen molar-refractivity contribution in [1.29, 1.82) is 0 Å². The molecule has 6 nitrogen and oxygen atoms in total. The SMILES string of the molecule is CCCNC(=O)c1ccc2c(c1)ncn2C1CCN(C(=O)c2ccccc2C)CC1. The minimum Gasteiger partial charge on any atom is -0.352 e. The summed E-state index contributed by atoms with van der Waals surface area (Å²) in [6.07, 6.45) is 4.55. The molecule has 30 heavy (non-hydrogen) atoms. The maximum Gasteiger partial charge on any atom is 0.254 e. The molecule has 2 amide bonds. The van der Waals surface area contributed by atoms with Gasteiger partial charge in [0.25, 0.3) is 11.8 Å². The summed E-state index contributed by atoms with van der Waals surface area (Å²) in [7, 11) is 0. The van der Waals surface area contributed by atoms with Gasteiger partial charge in [-0.05, 0) is 56.0 Å². The molecule has 1 aliphatic rings. The molecule has 156 valence electrons. The molecule has 6 heteroatoms. The van der Waals surface area contributed by atoms with E-state index in [1.807, 2.05) is 67.5 Å². The molecular formula is C24H28N4O2. The number of aryl methyl sites for hydroxylation is 1. The number of imidazole rings is 1. The molecule has 1 saturated heterocycles. The van der Waals surface area contributed by atoms with Gasteiger partial charge < -0.3 is 14.8 Å². The van der Waals surface area contributed by atoms with Crippen molar-refractivity contribution >= 4 is 22.8 Å². The first-order valence-corrected chi connectivity index (χ1v) is 10.7. The van der Waals surface area contributed by atoms with E-state index in [2.05, 4.69) is 14.9 Å². The summed E-state index contributed by atoms with van der Waals surface area (Å²) in [5, 5.41) is 2.91. The van der Waals surface area contributed by atoms with Crippen LogP contribution in [0, 0.1) is 6.92 Å². The van der Waals surface area contributed by atoms with Crippen LogP contribution in [0.15, 0.2) is 48.8 Å². The van der Waals surface area contributed by atoms with Crippen molar-refractivity contribution in [2.24, 2.45) is 0 Å². The predicted molar refractivity (Wildman–Crippen MR) is 118 cm³/mol. The molecule has 0 aliphatic carbocycles. The van der Waals surface area contributed by atoms with Crippen molar-refractivity contribution in [3.63, 3.8) is 0 Å². The zero-order valence-corrected chi connectivity index (χ0v) is 17.6. The number of hydrogen-bond acceptors (Lipinski definition) is 3. The number of amides is 2. The second-order valence-electron chi connectivity index (χ2n) is 7.95. The summed E-state index contributed by atoms with van der Waals surface area (Å²) in [6, 6.07) is 13.8. The van der Waals surface area contributed by atoms with Crippen molar-refractivity contribution < 1.29 is 9.59 Å². The fourth-order valence-corrected chi connectivity index (χ4v) is 4.13. The molecule has 2 aromatic carbocycles. The highest BCUT2D eigenvalue weighted by molar-refractivity contribution is 5.97. The minimum absolute atomic E-state index is 0.0590. The summed E-state index contributed by atoms with van der Waals surface area (Å²) in [5.74, 6) is 0.0566. The Morgan fingerprint density at radius 1 is 1.13 bits per heavy atom. The largest absolute Gasteiger partial charge is 0.352 e. The van der Waals surface area contributed by atoms with E-state index in [1.165, 1.54) is 0 Å². The van der Waals surface area contributed by atoms with Crippen LogP contribution >= 0.6 is 0 Å². The lowest BCUT2D eigenvalue weighted by Gasteiger charge is -2.33. The Kier molecular flexibility index (Phi) is 5.84. The van der Waals surface area contributed by atoms with E-state index in [9.17, 15) is 9.59 Å². The third-order valence-electron chi connectivity index (χ3n) is 5.89. The lowest BCUT2D eigenvalue weighted by molar-refractivity contribution is 0.0695. The van der Waals surface area contributed by atoms with Crippen molar-refractivity contribution in [3.05, 3.63) is 65.5 Å². The number of aromatic nitrogens is 2. The summed E-state index contributed by atoms with van der Waals surface area (Å²) >= 11 is 0. The molecule has 1 aromatic heterocycles. The van der Waals surface area contributed by atoms with Crippen LogP contribution in [-0.2, 0) is 0 Å². The quantitative estimate of drug-likeness (QED) is 0.700. The van der Waals surface area contributed by atoms with Crippen LogP contribution in [0.25, 0.3) is 11.0 Å². The average molecular weight is 405 g/mol. The van der Waals surface area contributed by atoms with Crippen molar-refractivity contribution in [2.45, 2.75) is 39.2 Å². The van der Waals surface area contributed by atoms with Crippen LogP contribution in [0.1, 0.15) is 58.5 Å². The molecule has 0 unspecified atom stereocenters. The highest BCUT2D eigenvalue weighted by Crippen LogP contribution is 2.28. The summed E-state index contributed by atoms with van der Waals surface area (Å²) < 4.78 is 2.19. The maximum atomic E-state index is 12.9. The minimum atomic E-state index is -0.0590. The fourth-order valence-electron chi connectivity index (χ4n) is 4.13.